The second-order valence-corrected chi connectivity index (χ2v) is 5.17. The van der Waals surface area contributed by atoms with Gasteiger partial charge < -0.3 is 10.8 Å². The Balaban J connectivity index is 2.39. The van der Waals surface area contributed by atoms with Crippen molar-refractivity contribution in [3.63, 3.8) is 0 Å². The number of rotatable bonds is 4. The zero-order valence-corrected chi connectivity index (χ0v) is 11.6. The van der Waals surface area contributed by atoms with E-state index in [9.17, 15) is 14.7 Å². The molecule has 19 heavy (non-hydrogen) atoms. The van der Waals surface area contributed by atoms with Gasteiger partial charge in [-0.3, -0.25) is 9.59 Å². The first-order chi connectivity index (χ1) is 8.97. The lowest BCUT2D eigenvalue weighted by atomic mass is 10.0. The van der Waals surface area contributed by atoms with Gasteiger partial charge in [0.25, 0.3) is 0 Å². The molecule has 2 aromatic carbocycles. The Morgan fingerprint density at radius 2 is 1.84 bits per heavy atom. The van der Waals surface area contributed by atoms with E-state index in [4.69, 9.17) is 5.73 Å². The first kappa shape index (κ1) is 13.5. The summed E-state index contributed by atoms with van der Waals surface area (Å²) < 4.78 is 0.890. The monoisotopic (exact) mass is 321 g/mol. The van der Waals surface area contributed by atoms with Crippen LogP contribution in [0.1, 0.15) is 23.2 Å². The first-order valence-corrected chi connectivity index (χ1v) is 6.50. The van der Waals surface area contributed by atoms with E-state index in [1.807, 2.05) is 18.2 Å². The number of Topliss-reactive ketones (excluding diaryl/α,β-unsaturated/α-hetero) is 1. The van der Waals surface area contributed by atoms with Crippen LogP contribution in [0.15, 0.2) is 34.8 Å². The highest BCUT2D eigenvalue weighted by molar-refractivity contribution is 9.10. The summed E-state index contributed by atoms with van der Waals surface area (Å²) in [6.45, 7) is 0. The van der Waals surface area contributed by atoms with Crippen LogP contribution in [0.5, 0.6) is 5.75 Å². The topological polar surface area (TPSA) is 80.4 Å². The largest absolute Gasteiger partial charge is 0.507 e. The molecule has 1 amide bonds. The standard InChI is InChI=1S/C14H12BrNO3/c15-10-2-1-8-7-13(18)11(6-9(8)5-10)12(17)3-4-14(16)19/h1-2,5-7,18H,3-4H2,(H2,16,19). The van der Waals surface area contributed by atoms with Crippen LogP contribution in [0, 0.1) is 0 Å². The van der Waals surface area contributed by atoms with Crippen molar-refractivity contribution in [3.8, 4) is 5.75 Å². The van der Waals surface area contributed by atoms with Crippen LogP contribution in [-0.4, -0.2) is 16.8 Å². The Kier molecular flexibility index (Phi) is 3.85. The van der Waals surface area contributed by atoms with Gasteiger partial charge in [-0.05, 0) is 35.0 Å². The number of carbonyl (C=O) groups excluding carboxylic acids is 2. The molecule has 0 saturated heterocycles. The van der Waals surface area contributed by atoms with Crippen LogP contribution in [0.25, 0.3) is 10.8 Å². The molecule has 2 aromatic rings. The van der Waals surface area contributed by atoms with Gasteiger partial charge in [0.1, 0.15) is 5.75 Å². The minimum Gasteiger partial charge on any atom is -0.507 e. The lowest BCUT2D eigenvalue weighted by molar-refractivity contribution is -0.118. The molecule has 0 radical (unpaired) electrons. The first-order valence-electron chi connectivity index (χ1n) is 5.71. The Morgan fingerprint density at radius 3 is 2.53 bits per heavy atom. The molecule has 4 nitrogen and oxygen atoms in total. The number of carbonyl (C=O) groups is 2. The Hall–Kier alpha value is -1.88. The predicted octanol–water partition coefficient (Wildman–Crippen LogP) is 2.76. The van der Waals surface area contributed by atoms with E-state index in [1.54, 1.807) is 12.1 Å². The molecule has 0 atom stereocenters. The highest BCUT2D eigenvalue weighted by Crippen LogP contribution is 2.28. The van der Waals surface area contributed by atoms with E-state index in [0.29, 0.717) is 0 Å². The number of halogens is 1. The van der Waals surface area contributed by atoms with Crippen molar-refractivity contribution < 1.29 is 14.7 Å². The fourth-order valence-electron chi connectivity index (χ4n) is 1.85. The summed E-state index contributed by atoms with van der Waals surface area (Å²) in [6, 6.07) is 8.73. The molecule has 0 aliphatic carbocycles. The molecule has 0 spiro atoms. The fraction of sp³-hybridized carbons (Fsp3) is 0.143. The number of ketones is 1. The molecular formula is C14H12BrNO3. The van der Waals surface area contributed by atoms with Gasteiger partial charge in [0.15, 0.2) is 5.78 Å². The third kappa shape index (κ3) is 3.12. The summed E-state index contributed by atoms with van der Waals surface area (Å²) in [5.41, 5.74) is 5.22. The smallest absolute Gasteiger partial charge is 0.217 e. The molecule has 0 aliphatic heterocycles. The lowest BCUT2D eigenvalue weighted by Gasteiger charge is -2.06. The van der Waals surface area contributed by atoms with E-state index in [1.165, 1.54) is 0 Å². The lowest BCUT2D eigenvalue weighted by Crippen LogP contribution is -2.12. The highest BCUT2D eigenvalue weighted by atomic mass is 79.9. The number of hydrogen-bond donors (Lipinski definition) is 2. The molecule has 5 heteroatoms. The summed E-state index contributed by atoms with van der Waals surface area (Å²) in [6.07, 6.45) is -0.0167. The Morgan fingerprint density at radius 1 is 1.11 bits per heavy atom. The maximum atomic E-state index is 11.9. The van der Waals surface area contributed by atoms with Gasteiger partial charge in [-0.25, -0.2) is 0 Å². The van der Waals surface area contributed by atoms with Crippen molar-refractivity contribution in [2.75, 3.05) is 0 Å². The van der Waals surface area contributed by atoms with E-state index in [0.717, 1.165) is 15.2 Å². The van der Waals surface area contributed by atoms with E-state index in [2.05, 4.69) is 15.9 Å². The van der Waals surface area contributed by atoms with E-state index >= 15 is 0 Å². The minimum atomic E-state index is -0.531. The molecule has 0 fully saturated rings. The van der Waals surface area contributed by atoms with Gasteiger partial charge in [0.05, 0.1) is 5.56 Å². The molecule has 98 valence electrons. The molecule has 0 heterocycles. The number of primary amides is 1. The number of fused-ring (bicyclic) bond motifs is 1. The number of aromatic hydroxyl groups is 1. The summed E-state index contributed by atoms with van der Waals surface area (Å²) in [7, 11) is 0. The van der Waals surface area contributed by atoms with Gasteiger partial charge in [-0.2, -0.15) is 0 Å². The van der Waals surface area contributed by atoms with Crippen molar-refractivity contribution in [1.82, 2.24) is 0 Å². The molecule has 0 aromatic heterocycles. The number of benzene rings is 2. The average Bonchev–Trinajstić information content (AvgIpc) is 2.35. The van der Waals surface area contributed by atoms with Crippen LogP contribution >= 0.6 is 15.9 Å². The minimum absolute atomic E-state index is 0.00238. The van der Waals surface area contributed by atoms with Gasteiger partial charge in [-0.15, -0.1) is 0 Å². The quantitative estimate of drug-likeness (QED) is 0.849. The number of phenolic OH excluding ortho intramolecular Hbond substituents is 1. The molecule has 0 saturated carbocycles. The van der Waals surface area contributed by atoms with Gasteiger partial charge in [-0.1, -0.05) is 22.0 Å². The van der Waals surface area contributed by atoms with Crippen LogP contribution in [-0.2, 0) is 4.79 Å². The van der Waals surface area contributed by atoms with Crippen LogP contribution in [0.3, 0.4) is 0 Å². The van der Waals surface area contributed by atoms with Crippen molar-refractivity contribution >= 4 is 38.4 Å². The third-order valence-electron chi connectivity index (χ3n) is 2.82. The van der Waals surface area contributed by atoms with Crippen LogP contribution in [0.2, 0.25) is 0 Å². The molecule has 2 rings (SSSR count). The fourth-order valence-corrected chi connectivity index (χ4v) is 2.23. The van der Waals surface area contributed by atoms with Crippen molar-refractivity contribution in [1.29, 1.82) is 0 Å². The van der Waals surface area contributed by atoms with Crippen LogP contribution in [0.4, 0.5) is 0 Å². The molecular weight excluding hydrogens is 310 g/mol. The second kappa shape index (κ2) is 5.40. The maximum absolute atomic E-state index is 11.9. The zero-order valence-electron chi connectivity index (χ0n) is 10.0. The molecule has 3 N–H and O–H groups in total. The Labute approximate surface area is 118 Å². The summed E-state index contributed by atoms with van der Waals surface area (Å²) in [5, 5.41) is 11.5. The van der Waals surface area contributed by atoms with Crippen molar-refractivity contribution in [2.45, 2.75) is 12.8 Å². The molecule has 0 unspecified atom stereocenters. The number of phenols is 1. The second-order valence-electron chi connectivity index (χ2n) is 4.25. The highest BCUT2D eigenvalue weighted by Gasteiger charge is 2.13. The number of hydrogen-bond acceptors (Lipinski definition) is 3. The zero-order chi connectivity index (χ0) is 14.0. The van der Waals surface area contributed by atoms with Crippen molar-refractivity contribution in [2.24, 2.45) is 5.73 Å². The summed E-state index contributed by atoms with van der Waals surface area (Å²) in [4.78, 5) is 22.6. The van der Waals surface area contributed by atoms with E-state index in [-0.39, 0.29) is 29.9 Å². The SMILES string of the molecule is NC(=O)CCC(=O)c1cc2cc(Br)ccc2cc1O. The predicted molar refractivity (Wildman–Crippen MR) is 76.1 cm³/mol. The Bertz CT molecular complexity index is 667. The number of amides is 1. The average molecular weight is 322 g/mol. The molecule has 0 aliphatic rings. The van der Waals surface area contributed by atoms with Gasteiger partial charge in [0.2, 0.25) is 5.91 Å². The summed E-state index contributed by atoms with van der Waals surface area (Å²) in [5.74, 6) is -0.904. The number of nitrogens with two attached hydrogens (primary N) is 1. The maximum Gasteiger partial charge on any atom is 0.217 e. The van der Waals surface area contributed by atoms with Gasteiger partial charge in [0, 0.05) is 17.3 Å². The normalized spacial score (nSPS) is 10.6. The summed E-state index contributed by atoms with van der Waals surface area (Å²) >= 11 is 3.35. The van der Waals surface area contributed by atoms with E-state index < -0.39 is 5.91 Å². The third-order valence-corrected chi connectivity index (χ3v) is 3.31. The van der Waals surface area contributed by atoms with Crippen LogP contribution < -0.4 is 5.73 Å². The molecule has 0 bridgehead atoms. The van der Waals surface area contributed by atoms with Crippen molar-refractivity contribution in [3.05, 3.63) is 40.4 Å². The van der Waals surface area contributed by atoms with Gasteiger partial charge >= 0.3 is 0 Å².